The lowest BCUT2D eigenvalue weighted by atomic mass is 10.3. The summed E-state index contributed by atoms with van der Waals surface area (Å²) in [6, 6.07) is 0. The normalized spacial score (nSPS) is 19.3. The quantitative estimate of drug-likeness (QED) is 0.722. The molecule has 0 aromatic carbocycles. The van der Waals surface area contributed by atoms with Crippen molar-refractivity contribution >= 4 is 39.7 Å². The van der Waals surface area contributed by atoms with Crippen molar-refractivity contribution < 1.29 is 9.90 Å². The maximum Gasteiger partial charge on any atom is 0.263 e. The number of nitrogens with zero attached hydrogens (tertiary/aromatic N) is 1. The fourth-order valence-corrected chi connectivity index (χ4v) is 4.19. The van der Waals surface area contributed by atoms with E-state index in [4.69, 9.17) is 5.73 Å². The van der Waals surface area contributed by atoms with Gasteiger partial charge in [0.2, 0.25) is 0 Å². The summed E-state index contributed by atoms with van der Waals surface area (Å²) >= 11 is 2.94. The summed E-state index contributed by atoms with van der Waals surface area (Å²) < 4.78 is 0. The SMILES string of the molecule is CNC(=O)c1sc(N2CCC(O)C2)c(SC)c1N. The van der Waals surface area contributed by atoms with E-state index in [2.05, 4.69) is 10.2 Å². The van der Waals surface area contributed by atoms with Crippen molar-refractivity contribution in [3.8, 4) is 0 Å². The average molecular weight is 287 g/mol. The number of anilines is 2. The average Bonchev–Trinajstić information content (AvgIpc) is 2.92. The number of aliphatic hydroxyl groups excluding tert-OH is 1. The minimum atomic E-state index is -0.286. The zero-order valence-electron chi connectivity index (χ0n) is 10.4. The van der Waals surface area contributed by atoms with Gasteiger partial charge in [0.25, 0.3) is 5.91 Å². The molecule has 1 atom stereocenters. The largest absolute Gasteiger partial charge is 0.396 e. The second-order valence-corrected chi connectivity index (χ2v) is 5.97. The van der Waals surface area contributed by atoms with Gasteiger partial charge < -0.3 is 21.1 Å². The minimum absolute atomic E-state index is 0.154. The molecule has 0 spiro atoms. The summed E-state index contributed by atoms with van der Waals surface area (Å²) in [5, 5.41) is 13.2. The predicted molar refractivity (Wildman–Crippen MR) is 76.7 cm³/mol. The van der Waals surface area contributed by atoms with E-state index in [1.54, 1.807) is 18.8 Å². The van der Waals surface area contributed by atoms with E-state index in [1.165, 1.54) is 11.3 Å². The van der Waals surface area contributed by atoms with Gasteiger partial charge in [-0.05, 0) is 12.7 Å². The highest BCUT2D eigenvalue weighted by atomic mass is 32.2. The van der Waals surface area contributed by atoms with E-state index < -0.39 is 0 Å². The van der Waals surface area contributed by atoms with E-state index in [1.807, 2.05) is 6.26 Å². The Hall–Kier alpha value is -0.920. The zero-order chi connectivity index (χ0) is 13.3. The molecule has 1 aliphatic rings. The Balaban J connectivity index is 2.38. The number of β-amino-alcohol motifs (C(OH)–C–C–N with tert-alkyl or cyclic N) is 1. The van der Waals surface area contributed by atoms with Gasteiger partial charge in [-0.2, -0.15) is 0 Å². The molecule has 1 amide bonds. The summed E-state index contributed by atoms with van der Waals surface area (Å²) in [4.78, 5) is 15.3. The molecule has 5 nitrogen and oxygen atoms in total. The van der Waals surface area contributed by atoms with Crippen LogP contribution in [0.1, 0.15) is 16.1 Å². The Morgan fingerprint density at radius 3 is 2.89 bits per heavy atom. The van der Waals surface area contributed by atoms with Crippen molar-refractivity contribution in [3.05, 3.63) is 4.88 Å². The molecule has 0 bridgehead atoms. The Morgan fingerprint density at radius 1 is 1.67 bits per heavy atom. The van der Waals surface area contributed by atoms with Gasteiger partial charge in [-0.1, -0.05) is 0 Å². The van der Waals surface area contributed by atoms with Crippen molar-refractivity contribution in [1.82, 2.24) is 5.32 Å². The number of thioether (sulfide) groups is 1. The van der Waals surface area contributed by atoms with E-state index >= 15 is 0 Å². The molecule has 4 N–H and O–H groups in total. The Morgan fingerprint density at radius 2 is 2.39 bits per heavy atom. The molecule has 1 aromatic rings. The van der Waals surface area contributed by atoms with Gasteiger partial charge in [0.05, 0.1) is 16.7 Å². The molecule has 100 valence electrons. The second kappa shape index (κ2) is 5.38. The highest BCUT2D eigenvalue weighted by Crippen LogP contribution is 2.44. The molecule has 2 rings (SSSR count). The van der Waals surface area contributed by atoms with Crippen molar-refractivity contribution in [2.75, 3.05) is 37.0 Å². The Bertz CT molecular complexity index is 461. The first-order chi connectivity index (χ1) is 8.58. The first kappa shape index (κ1) is 13.5. The lowest BCUT2D eigenvalue weighted by Gasteiger charge is -2.16. The Kier molecular flexibility index (Phi) is 4.04. The van der Waals surface area contributed by atoms with Crippen LogP contribution >= 0.6 is 23.1 Å². The van der Waals surface area contributed by atoms with Gasteiger partial charge in [0, 0.05) is 20.1 Å². The predicted octanol–water partition coefficient (Wildman–Crippen LogP) is 0.983. The molecular weight excluding hydrogens is 270 g/mol. The first-order valence-electron chi connectivity index (χ1n) is 5.69. The van der Waals surface area contributed by atoms with Gasteiger partial charge >= 0.3 is 0 Å². The minimum Gasteiger partial charge on any atom is -0.396 e. The number of amides is 1. The molecule has 1 unspecified atom stereocenters. The number of thiophene rings is 1. The standard InChI is InChI=1S/C11H17N3O2S2/c1-13-10(16)8-7(12)9(17-2)11(18-8)14-4-3-6(15)5-14/h6,15H,3-5,12H2,1-2H3,(H,13,16). The topological polar surface area (TPSA) is 78.6 Å². The maximum absolute atomic E-state index is 11.7. The number of rotatable bonds is 3. The summed E-state index contributed by atoms with van der Waals surface area (Å²) in [5.41, 5.74) is 6.58. The first-order valence-corrected chi connectivity index (χ1v) is 7.74. The molecule has 1 saturated heterocycles. The van der Waals surface area contributed by atoms with Crippen molar-refractivity contribution in [2.45, 2.75) is 17.4 Å². The number of carbonyl (C=O) groups is 1. The van der Waals surface area contributed by atoms with Crippen LogP contribution in [-0.4, -0.2) is 43.5 Å². The molecule has 1 fully saturated rings. The van der Waals surface area contributed by atoms with Gasteiger partial charge in [-0.25, -0.2) is 0 Å². The van der Waals surface area contributed by atoms with Crippen LogP contribution in [0.3, 0.4) is 0 Å². The van der Waals surface area contributed by atoms with Crippen LogP contribution < -0.4 is 16.0 Å². The smallest absolute Gasteiger partial charge is 0.263 e. The van der Waals surface area contributed by atoms with Crippen molar-refractivity contribution in [2.24, 2.45) is 0 Å². The number of nitrogens with two attached hydrogens (primary N) is 1. The molecule has 0 aliphatic carbocycles. The van der Waals surface area contributed by atoms with E-state index in [0.717, 1.165) is 22.9 Å². The highest BCUT2D eigenvalue weighted by Gasteiger charge is 2.28. The number of hydrogen-bond donors (Lipinski definition) is 3. The molecule has 2 heterocycles. The summed E-state index contributed by atoms with van der Waals surface area (Å²) in [6.07, 6.45) is 2.43. The van der Waals surface area contributed by atoms with Crippen molar-refractivity contribution in [3.63, 3.8) is 0 Å². The molecule has 0 radical (unpaired) electrons. The third kappa shape index (κ3) is 2.30. The fraction of sp³-hybridized carbons (Fsp3) is 0.545. The molecule has 18 heavy (non-hydrogen) atoms. The highest BCUT2D eigenvalue weighted by molar-refractivity contribution is 7.99. The zero-order valence-corrected chi connectivity index (χ0v) is 12.0. The van der Waals surface area contributed by atoms with Crippen LogP contribution in [-0.2, 0) is 0 Å². The van der Waals surface area contributed by atoms with Crippen LogP contribution in [0.15, 0.2) is 4.90 Å². The van der Waals surface area contributed by atoms with Gasteiger partial charge in [0.1, 0.15) is 9.88 Å². The number of aliphatic hydroxyl groups is 1. The summed E-state index contributed by atoms with van der Waals surface area (Å²) in [5.74, 6) is -0.154. The van der Waals surface area contributed by atoms with Gasteiger partial charge in [0.15, 0.2) is 0 Å². The molecule has 1 aromatic heterocycles. The monoisotopic (exact) mass is 287 g/mol. The van der Waals surface area contributed by atoms with E-state index in [0.29, 0.717) is 17.1 Å². The molecular formula is C11H17N3O2S2. The third-order valence-corrected chi connectivity index (χ3v) is 5.19. The lowest BCUT2D eigenvalue weighted by Crippen LogP contribution is -2.20. The van der Waals surface area contributed by atoms with Crippen LogP contribution in [0.4, 0.5) is 10.7 Å². The fourth-order valence-electron chi connectivity index (χ4n) is 2.03. The number of carbonyl (C=O) groups excluding carboxylic acids is 1. The van der Waals surface area contributed by atoms with E-state index in [9.17, 15) is 9.90 Å². The van der Waals surface area contributed by atoms with Crippen LogP contribution in [0.5, 0.6) is 0 Å². The van der Waals surface area contributed by atoms with Gasteiger partial charge in [-0.3, -0.25) is 4.79 Å². The van der Waals surface area contributed by atoms with Crippen LogP contribution in [0, 0.1) is 0 Å². The Labute approximate surface area is 114 Å². The number of nitrogens with one attached hydrogen (secondary N) is 1. The van der Waals surface area contributed by atoms with Crippen LogP contribution in [0.25, 0.3) is 0 Å². The third-order valence-electron chi connectivity index (χ3n) is 2.97. The number of nitrogen functional groups attached to an aromatic ring is 1. The molecule has 0 saturated carbocycles. The second-order valence-electron chi connectivity index (χ2n) is 4.15. The van der Waals surface area contributed by atoms with Crippen LogP contribution in [0.2, 0.25) is 0 Å². The van der Waals surface area contributed by atoms with Gasteiger partial charge in [-0.15, -0.1) is 23.1 Å². The maximum atomic E-state index is 11.7. The summed E-state index contributed by atoms with van der Waals surface area (Å²) in [6.45, 7) is 1.42. The number of hydrogen-bond acceptors (Lipinski definition) is 6. The molecule has 7 heteroatoms. The van der Waals surface area contributed by atoms with E-state index in [-0.39, 0.29) is 12.0 Å². The lowest BCUT2D eigenvalue weighted by molar-refractivity contribution is 0.0968. The summed E-state index contributed by atoms with van der Waals surface area (Å²) in [7, 11) is 1.60. The van der Waals surface area contributed by atoms with Crippen molar-refractivity contribution in [1.29, 1.82) is 0 Å². The molecule has 1 aliphatic heterocycles.